The van der Waals surface area contributed by atoms with Crippen molar-refractivity contribution in [3.63, 3.8) is 0 Å². The molecule has 3 radical (unpaired) electrons. The first-order valence-corrected chi connectivity index (χ1v) is 6.15. The predicted octanol–water partition coefficient (Wildman–Crippen LogP) is 4.54. The van der Waals surface area contributed by atoms with Crippen molar-refractivity contribution in [3.05, 3.63) is 84.9 Å². The Morgan fingerprint density at radius 2 is 0.684 bits per heavy atom. The van der Waals surface area contributed by atoms with E-state index < -0.39 is 0 Å². The van der Waals surface area contributed by atoms with Crippen LogP contribution in [0.4, 0.5) is 0 Å². The zero-order chi connectivity index (χ0) is 12.2. The molecule has 1 nitrogen and oxygen atoms in total. The molecule has 0 heterocycles. The molecule has 0 amide bonds. The smallest absolute Gasteiger partial charge is 0 e. The summed E-state index contributed by atoms with van der Waals surface area (Å²) < 4.78 is 0. The van der Waals surface area contributed by atoms with E-state index in [-0.39, 0.29) is 6.15 Å². The zero-order valence-corrected chi connectivity index (χ0v) is 10.5. The summed E-state index contributed by atoms with van der Waals surface area (Å²) >= 11 is 0. The molecule has 0 unspecified atom stereocenters. The van der Waals surface area contributed by atoms with E-state index in [1.54, 1.807) is 0 Å². The molecule has 0 saturated heterocycles. The Kier molecular flexibility index (Phi) is 4.11. The van der Waals surface area contributed by atoms with Crippen LogP contribution < -0.4 is 6.15 Å². The molecule has 1 heteroatoms. The molecule has 0 aliphatic carbocycles. The van der Waals surface area contributed by atoms with Crippen molar-refractivity contribution < 1.29 is 0 Å². The average molecular weight is 244 g/mol. The molecule has 0 aliphatic rings. The SMILES string of the molecule is [N].c1ccc(-c2ccccc2-c2ccccc2)cc1. The minimum Gasteiger partial charge on any atom is -0.0622 e. The van der Waals surface area contributed by atoms with Gasteiger partial charge in [0.05, 0.1) is 0 Å². The lowest BCUT2D eigenvalue weighted by Crippen LogP contribution is -1.83. The van der Waals surface area contributed by atoms with Crippen molar-refractivity contribution in [2.24, 2.45) is 0 Å². The Morgan fingerprint density at radius 1 is 0.368 bits per heavy atom. The van der Waals surface area contributed by atoms with Crippen molar-refractivity contribution in [2.75, 3.05) is 0 Å². The van der Waals surface area contributed by atoms with Gasteiger partial charge >= 0.3 is 0 Å². The fraction of sp³-hybridized carbons (Fsp3) is 0. The molecular weight excluding hydrogens is 230 g/mol. The van der Waals surface area contributed by atoms with Crippen LogP contribution in [0.2, 0.25) is 0 Å². The Balaban J connectivity index is 0.00000133. The summed E-state index contributed by atoms with van der Waals surface area (Å²) in [5.74, 6) is 0. The van der Waals surface area contributed by atoms with Gasteiger partial charge in [0, 0.05) is 6.15 Å². The number of hydrogen-bond acceptors (Lipinski definition) is 0. The van der Waals surface area contributed by atoms with Gasteiger partial charge in [-0.05, 0) is 22.3 Å². The van der Waals surface area contributed by atoms with Crippen LogP contribution in [0.1, 0.15) is 0 Å². The molecule has 0 aliphatic heterocycles. The molecule has 0 saturated carbocycles. The number of hydrogen-bond donors (Lipinski definition) is 0. The minimum atomic E-state index is 0. The van der Waals surface area contributed by atoms with E-state index in [0.29, 0.717) is 0 Å². The highest BCUT2D eigenvalue weighted by atomic mass is 14.1. The largest absolute Gasteiger partial charge is 0.0622 e. The summed E-state index contributed by atoms with van der Waals surface area (Å²) in [6, 6.07) is 29.6. The highest BCUT2D eigenvalue weighted by Crippen LogP contribution is 2.31. The van der Waals surface area contributed by atoms with Crippen LogP contribution in [0.15, 0.2) is 84.9 Å². The van der Waals surface area contributed by atoms with Crippen LogP contribution in [0.25, 0.3) is 22.3 Å². The molecule has 0 aromatic heterocycles. The summed E-state index contributed by atoms with van der Waals surface area (Å²) in [6.45, 7) is 0. The predicted molar refractivity (Wildman–Crippen MR) is 79.4 cm³/mol. The number of rotatable bonds is 2. The van der Waals surface area contributed by atoms with E-state index >= 15 is 0 Å². The molecule has 3 aromatic rings. The van der Waals surface area contributed by atoms with Crippen molar-refractivity contribution in [1.29, 1.82) is 0 Å². The third-order valence-electron chi connectivity index (χ3n) is 3.10. The van der Waals surface area contributed by atoms with Gasteiger partial charge in [0.2, 0.25) is 0 Å². The maximum atomic E-state index is 2.18. The standard InChI is InChI=1S/C18H14.N/c1-3-9-15(10-4-1)17-13-7-8-14-18(17)16-11-5-2-6-12-16;/h1-14H;. The maximum absolute atomic E-state index is 2.18. The minimum absolute atomic E-state index is 0. The molecule has 91 valence electrons. The zero-order valence-electron chi connectivity index (χ0n) is 10.5. The number of nitrogens with zero attached hydrogens (tertiary/aromatic N) is 1. The topological polar surface area (TPSA) is 30.5 Å². The second-order valence-corrected chi connectivity index (χ2v) is 4.28. The van der Waals surface area contributed by atoms with E-state index in [1.807, 2.05) is 0 Å². The monoisotopic (exact) mass is 244 g/mol. The van der Waals surface area contributed by atoms with Crippen molar-refractivity contribution in [3.8, 4) is 22.3 Å². The lowest BCUT2D eigenvalue weighted by molar-refractivity contribution is 1.58. The lowest BCUT2D eigenvalue weighted by atomic mass is 9.95. The second kappa shape index (κ2) is 5.98. The normalized spacial score (nSPS) is 9.68. The Morgan fingerprint density at radius 3 is 1.05 bits per heavy atom. The molecule has 19 heavy (non-hydrogen) atoms. The summed E-state index contributed by atoms with van der Waals surface area (Å²) in [6.07, 6.45) is 0. The first kappa shape index (κ1) is 13.1. The van der Waals surface area contributed by atoms with Crippen LogP contribution in [-0.2, 0) is 0 Å². The van der Waals surface area contributed by atoms with Gasteiger partial charge in [-0.25, -0.2) is 0 Å². The Hall–Kier alpha value is -2.38. The van der Waals surface area contributed by atoms with Gasteiger partial charge in [-0.3, -0.25) is 0 Å². The fourth-order valence-electron chi connectivity index (χ4n) is 2.22. The third-order valence-corrected chi connectivity index (χ3v) is 3.10. The Labute approximate surface area is 114 Å². The van der Waals surface area contributed by atoms with E-state index in [9.17, 15) is 0 Å². The third kappa shape index (κ3) is 2.72. The van der Waals surface area contributed by atoms with Gasteiger partial charge in [0.15, 0.2) is 0 Å². The van der Waals surface area contributed by atoms with Crippen molar-refractivity contribution in [1.82, 2.24) is 6.15 Å². The summed E-state index contributed by atoms with van der Waals surface area (Å²) in [5.41, 5.74) is 5.09. The highest BCUT2D eigenvalue weighted by molar-refractivity contribution is 5.83. The van der Waals surface area contributed by atoms with E-state index in [0.717, 1.165) is 0 Å². The fourth-order valence-corrected chi connectivity index (χ4v) is 2.22. The van der Waals surface area contributed by atoms with Crippen LogP contribution in [-0.4, -0.2) is 0 Å². The van der Waals surface area contributed by atoms with Crippen LogP contribution in [0.5, 0.6) is 0 Å². The molecular formula is C18H14N. The molecule has 3 aromatic carbocycles. The quantitative estimate of drug-likeness (QED) is 0.633. The van der Waals surface area contributed by atoms with E-state index in [4.69, 9.17) is 0 Å². The summed E-state index contributed by atoms with van der Waals surface area (Å²) in [7, 11) is 0. The molecule has 0 atom stereocenters. The van der Waals surface area contributed by atoms with Crippen LogP contribution in [0.3, 0.4) is 0 Å². The average Bonchev–Trinajstić information content (AvgIpc) is 2.49. The molecule has 0 spiro atoms. The van der Waals surface area contributed by atoms with Gasteiger partial charge in [-0.1, -0.05) is 84.9 Å². The van der Waals surface area contributed by atoms with Gasteiger partial charge < -0.3 is 0 Å². The molecule has 0 N–H and O–H groups in total. The van der Waals surface area contributed by atoms with Crippen LogP contribution in [0, 0.1) is 0 Å². The molecule has 3 rings (SSSR count). The first-order chi connectivity index (χ1) is 8.95. The van der Waals surface area contributed by atoms with Crippen LogP contribution >= 0.6 is 0 Å². The summed E-state index contributed by atoms with van der Waals surface area (Å²) in [4.78, 5) is 0. The first-order valence-electron chi connectivity index (χ1n) is 6.15. The molecule has 0 fully saturated rings. The second-order valence-electron chi connectivity index (χ2n) is 4.28. The maximum Gasteiger partial charge on any atom is 0 e. The van der Waals surface area contributed by atoms with E-state index in [1.165, 1.54) is 22.3 Å². The van der Waals surface area contributed by atoms with Gasteiger partial charge in [-0.2, -0.15) is 0 Å². The summed E-state index contributed by atoms with van der Waals surface area (Å²) in [5, 5.41) is 0. The van der Waals surface area contributed by atoms with Gasteiger partial charge in [0.25, 0.3) is 0 Å². The Bertz CT molecular complexity index is 572. The highest BCUT2D eigenvalue weighted by Gasteiger charge is 2.05. The number of benzene rings is 3. The van der Waals surface area contributed by atoms with Crippen molar-refractivity contribution >= 4 is 0 Å². The molecule has 0 bridgehead atoms. The van der Waals surface area contributed by atoms with E-state index in [2.05, 4.69) is 84.9 Å². The van der Waals surface area contributed by atoms with Crippen molar-refractivity contribution in [2.45, 2.75) is 0 Å². The lowest BCUT2D eigenvalue weighted by Gasteiger charge is -2.09. The van der Waals surface area contributed by atoms with Gasteiger partial charge in [-0.15, -0.1) is 0 Å². The van der Waals surface area contributed by atoms with Gasteiger partial charge in [0.1, 0.15) is 0 Å².